The largest absolute Gasteiger partial charge is 0.493 e. The number of fused-ring (bicyclic) bond motifs is 1. The van der Waals surface area contributed by atoms with Crippen LogP contribution in [-0.4, -0.2) is 60.7 Å². The summed E-state index contributed by atoms with van der Waals surface area (Å²) in [6, 6.07) is 2.51. The lowest BCUT2D eigenvalue weighted by molar-refractivity contribution is 0.0996. The van der Waals surface area contributed by atoms with E-state index in [1.54, 1.807) is 6.07 Å². The highest BCUT2D eigenvalue weighted by atomic mass is 32.1. The monoisotopic (exact) mass is 509 g/mol. The number of halogens is 2. The molecule has 3 heterocycles. The average molecular weight is 510 g/mol. The Labute approximate surface area is 206 Å². The van der Waals surface area contributed by atoms with Gasteiger partial charge in [0.1, 0.15) is 35.4 Å². The Bertz CT molecular complexity index is 1060. The molecule has 1 fully saturated rings. The van der Waals surface area contributed by atoms with Gasteiger partial charge in [0.05, 0.1) is 6.61 Å². The molecule has 9 nitrogen and oxygen atoms in total. The third kappa shape index (κ3) is 6.37. The molecule has 4 rings (SSSR count). The predicted molar refractivity (Wildman–Crippen MR) is 127 cm³/mol. The number of aromatic nitrogens is 1. The number of carbonyl (C=O) groups is 2. The molecule has 190 valence electrons. The Hall–Kier alpha value is -2.99. The van der Waals surface area contributed by atoms with Crippen molar-refractivity contribution in [3.8, 4) is 11.6 Å². The number of likely N-dealkylation sites (tertiary alicyclic amines) is 1. The first kappa shape index (κ1) is 25.1. The van der Waals surface area contributed by atoms with Crippen molar-refractivity contribution in [2.24, 2.45) is 11.7 Å². The Morgan fingerprint density at radius 2 is 2.11 bits per heavy atom. The van der Waals surface area contributed by atoms with Crippen molar-refractivity contribution in [2.75, 3.05) is 44.8 Å². The molecule has 2 aliphatic heterocycles. The number of nitrogens with zero attached hydrogens (tertiary/aromatic N) is 2. The Balaban J connectivity index is 1.28. The minimum atomic E-state index is -0.818. The van der Waals surface area contributed by atoms with Gasteiger partial charge in [-0.1, -0.05) is 0 Å². The van der Waals surface area contributed by atoms with Crippen LogP contribution in [0.15, 0.2) is 12.1 Å². The summed E-state index contributed by atoms with van der Waals surface area (Å²) in [6.07, 6.45) is 3.41. The van der Waals surface area contributed by atoms with Crippen molar-refractivity contribution >= 4 is 28.5 Å². The molecular formula is C23H29F2N5O4S. The van der Waals surface area contributed by atoms with E-state index in [2.05, 4.69) is 19.9 Å². The summed E-state index contributed by atoms with van der Waals surface area (Å²) in [5.41, 5.74) is 6.49. The van der Waals surface area contributed by atoms with Crippen molar-refractivity contribution in [3.63, 3.8) is 0 Å². The standard InChI is InChI=1S/C23H29F2N5O4S/c24-5-9-30-7-2-14(3-8-30)1-6-27-23(32)28-22-19(20(26)31)21(29-35-22)34-13-16-12-18-15(4-10-33-18)11-17(16)25/h11-12,14H,1-10,13H2,(H2,26,31)(H2,27,28,32). The molecule has 0 bridgehead atoms. The normalized spacial score (nSPS) is 15.9. The number of ether oxygens (including phenoxy) is 2. The lowest BCUT2D eigenvalue weighted by Crippen LogP contribution is -2.37. The molecule has 0 aliphatic carbocycles. The van der Waals surface area contributed by atoms with Crippen molar-refractivity contribution in [2.45, 2.75) is 32.3 Å². The van der Waals surface area contributed by atoms with Gasteiger partial charge >= 0.3 is 6.03 Å². The van der Waals surface area contributed by atoms with E-state index in [1.807, 2.05) is 0 Å². The SMILES string of the molecule is NC(=O)c1c(OCc2cc3c(cc2F)CCO3)nsc1NC(=O)NCCC1CCN(CCF)CC1. The number of hydrogen-bond donors (Lipinski definition) is 3. The van der Waals surface area contributed by atoms with Crippen LogP contribution in [0.5, 0.6) is 11.6 Å². The summed E-state index contributed by atoms with van der Waals surface area (Å²) in [5, 5.41) is 5.53. The molecule has 0 spiro atoms. The van der Waals surface area contributed by atoms with E-state index in [9.17, 15) is 18.4 Å². The summed E-state index contributed by atoms with van der Waals surface area (Å²) in [4.78, 5) is 26.5. The molecule has 2 aliphatic rings. The number of benzene rings is 1. The lowest BCUT2D eigenvalue weighted by atomic mass is 9.93. The molecule has 0 unspecified atom stereocenters. The maximum absolute atomic E-state index is 14.4. The fourth-order valence-electron chi connectivity index (χ4n) is 4.33. The third-order valence-corrected chi connectivity index (χ3v) is 7.05. The molecule has 35 heavy (non-hydrogen) atoms. The van der Waals surface area contributed by atoms with Crippen molar-refractivity contribution in [1.82, 2.24) is 14.6 Å². The molecular weight excluding hydrogens is 480 g/mol. The third-order valence-electron chi connectivity index (χ3n) is 6.30. The smallest absolute Gasteiger partial charge is 0.319 e. The van der Waals surface area contributed by atoms with Gasteiger partial charge in [0, 0.05) is 30.6 Å². The zero-order valence-corrected chi connectivity index (χ0v) is 20.1. The van der Waals surface area contributed by atoms with Gasteiger partial charge in [-0.3, -0.25) is 10.1 Å². The van der Waals surface area contributed by atoms with Crippen LogP contribution >= 0.6 is 11.5 Å². The van der Waals surface area contributed by atoms with E-state index in [1.165, 1.54) is 6.07 Å². The number of amides is 3. The molecule has 0 saturated carbocycles. The van der Waals surface area contributed by atoms with E-state index >= 15 is 0 Å². The number of alkyl halides is 1. The number of piperidine rings is 1. The van der Waals surface area contributed by atoms with Gasteiger partial charge < -0.3 is 25.4 Å². The highest BCUT2D eigenvalue weighted by Crippen LogP contribution is 2.32. The molecule has 1 aromatic carbocycles. The number of hydrogen-bond acceptors (Lipinski definition) is 7. The van der Waals surface area contributed by atoms with Gasteiger partial charge in [-0.25, -0.2) is 13.6 Å². The van der Waals surface area contributed by atoms with E-state index in [0.29, 0.717) is 37.8 Å². The number of primary amides is 1. The molecule has 1 aromatic heterocycles. The molecule has 12 heteroatoms. The second-order valence-electron chi connectivity index (χ2n) is 8.64. The number of urea groups is 1. The molecule has 0 atom stereocenters. The number of rotatable bonds is 10. The topological polar surface area (TPSA) is 119 Å². The Kier molecular flexibility index (Phi) is 8.34. The predicted octanol–water partition coefficient (Wildman–Crippen LogP) is 3.09. The van der Waals surface area contributed by atoms with Crippen molar-refractivity contribution < 1.29 is 27.8 Å². The molecule has 4 N–H and O–H groups in total. The van der Waals surface area contributed by atoms with E-state index in [4.69, 9.17) is 15.2 Å². The fraction of sp³-hybridized carbons (Fsp3) is 0.522. The number of nitrogens with one attached hydrogen (secondary N) is 2. The first-order valence-electron chi connectivity index (χ1n) is 11.6. The maximum atomic E-state index is 14.4. The first-order valence-corrected chi connectivity index (χ1v) is 12.4. The molecule has 0 radical (unpaired) electrons. The van der Waals surface area contributed by atoms with E-state index < -0.39 is 17.8 Å². The van der Waals surface area contributed by atoms with Crippen LogP contribution in [0.2, 0.25) is 0 Å². The summed E-state index contributed by atoms with van der Waals surface area (Å²) >= 11 is 0.856. The van der Waals surface area contributed by atoms with E-state index in [0.717, 1.165) is 49.4 Å². The second-order valence-corrected chi connectivity index (χ2v) is 9.41. The zero-order valence-electron chi connectivity index (χ0n) is 19.3. The van der Waals surface area contributed by atoms with Gasteiger partial charge in [-0.05, 0) is 61.9 Å². The highest BCUT2D eigenvalue weighted by molar-refractivity contribution is 7.11. The fourth-order valence-corrected chi connectivity index (χ4v) is 5.06. The Morgan fingerprint density at radius 3 is 2.86 bits per heavy atom. The van der Waals surface area contributed by atoms with Gasteiger partial charge in [-0.2, -0.15) is 4.37 Å². The van der Waals surface area contributed by atoms with Crippen LogP contribution in [0.3, 0.4) is 0 Å². The number of carbonyl (C=O) groups excluding carboxylic acids is 2. The van der Waals surface area contributed by atoms with Crippen molar-refractivity contribution in [1.29, 1.82) is 0 Å². The quantitative estimate of drug-likeness (QED) is 0.453. The average Bonchev–Trinajstić information content (AvgIpc) is 3.45. The summed E-state index contributed by atoms with van der Waals surface area (Å²) < 4.78 is 41.9. The van der Waals surface area contributed by atoms with Crippen LogP contribution in [0.25, 0.3) is 0 Å². The summed E-state index contributed by atoms with van der Waals surface area (Å²) in [6.45, 7) is 2.68. The first-order chi connectivity index (χ1) is 16.9. The summed E-state index contributed by atoms with van der Waals surface area (Å²) in [5.74, 6) is -0.236. The van der Waals surface area contributed by atoms with Crippen molar-refractivity contribution in [3.05, 3.63) is 34.6 Å². The van der Waals surface area contributed by atoms with Gasteiger partial charge in [0.15, 0.2) is 0 Å². The Morgan fingerprint density at radius 1 is 1.31 bits per heavy atom. The summed E-state index contributed by atoms with van der Waals surface area (Å²) in [7, 11) is 0. The molecule has 1 saturated heterocycles. The van der Waals surface area contributed by atoms with E-state index in [-0.39, 0.29) is 35.3 Å². The van der Waals surface area contributed by atoms with Gasteiger partial charge in [-0.15, -0.1) is 0 Å². The minimum absolute atomic E-state index is 0.0665. The molecule has 3 amide bonds. The highest BCUT2D eigenvalue weighted by Gasteiger charge is 2.24. The zero-order chi connectivity index (χ0) is 24.8. The lowest BCUT2D eigenvalue weighted by Gasteiger charge is -2.31. The van der Waals surface area contributed by atoms with Crippen LogP contribution in [0.4, 0.5) is 18.6 Å². The van der Waals surface area contributed by atoms with Gasteiger partial charge in [0.25, 0.3) is 5.91 Å². The van der Waals surface area contributed by atoms with Crippen LogP contribution in [0.1, 0.15) is 40.7 Å². The number of nitrogens with two attached hydrogens (primary N) is 1. The van der Waals surface area contributed by atoms with Gasteiger partial charge in [0.2, 0.25) is 5.88 Å². The maximum Gasteiger partial charge on any atom is 0.319 e. The number of anilines is 1. The van der Waals surface area contributed by atoms with Crippen LogP contribution in [-0.2, 0) is 13.0 Å². The second kappa shape index (κ2) is 11.6. The van der Waals surface area contributed by atoms with Crippen LogP contribution in [0, 0.1) is 11.7 Å². The van der Waals surface area contributed by atoms with Crippen LogP contribution < -0.4 is 25.8 Å². The molecule has 2 aromatic rings. The minimum Gasteiger partial charge on any atom is -0.493 e.